The molecule has 0 aromatic heterocycles. The number of esters is 1. The molecule has 1 atom stereocenters. The lowest BCUT2D eigenvalue weighted by atomic mass is 9.79. The SMILES string of the molecule is CCOC(=O)C=C1CCN(C(=O)OC(C)(C)C)C(C(C)(C)C)C1. The molecule has 0 saturated carbocycles. The summed E-state index contributed by atoms with van der Waals surface area (Å²) in [6.45, 7) is 14.6. The van der Waals surface area contributed by atoms with Gasteiger partial charge in [0.1, 0.15) is 5.60 Å². The molecule has 0 aliphatic carbocycles. The highest BCUT2D eigenvalue weighted by molar-refractivity contribution is 5.83. The zero-order valence-electron chi connectivity index (χ0n) is 15.6. The molecule has 132 valence electrons. The van der Waals surface area contributed by atoms with Crippen LogP contribution in [0.4, 0.5) is 4.79 Å². The van der Waals surface area contributed by atoms with Gasteiger partial charge in [-0.25, -0.2) is 9.59 Å². The highest BCUT2D eigenvalue weighted by atomic mass is 16.6. The van der Waals surface area contributed by atoms with E-state index in [0.717, 1.165) is 5.57 Å². The number of piperidine rings is 1. The molecular weight excluding hydrogens is 294 g/mol. The summed E-state index contributed by atoms with van der Waals surface area (Å²) in [5.41, 5.74) is 0.411. The maximum Gasteiger partial charge on any atom is 0.410 e. The molecule has 1 saturated heterocycles. The summed E-state index contributed by atoms with van der Waals surface area (Å²) in [5, 5.41) is 0. The van der Waals surface area contributed by atoms with Crippen LogP contribution in [0.5, 0.6) is 0 Å². The fourth-order valence-electron chi connectivity index (χ4n) is 2.67. The summed E-state index contributed by atoms with van der Waals surface area (Å²) in [6, 6.07) is -0.00761. The molecular formula is C18H31NO4. The normalized spacial score (nSPS) is 21.3. The van der Waals surface area contributed by atoms with Gasteiger partial charge in [0.15, 0.2) is 0 Å². The third-order valence-electron chi connectivity index (χ3n) is 3.74. The van der Waals surface area contributed by atoms with E-state index in [1.165, 1.54) is 0 Å². The van der Waals surface area contributed by atoms with Gasteiger partial charge in [-0.3, -0.25) is 0 Å². The van der Waals surface area contributed by atoms with Gasteiger partial charge in [0.2, 0.25) is 0 Å². The molecule has 1 amide bonds. The first-order valence-electron chi connectivity index (χ1n) is 8.30. The lowest BCUT2D eigenvalue weighted by Gasteiger charge is -2.44. The standard InChI is InChI=1S/C18H31NO4/c1-8-22-15(20)12-13-9-10-19(14(11-13)17(2,3)4)16(21)23-18(5,6)7/h12,14H,8-11H2,1-7H3. The van der Waals surface area contributed by atoms with Gasteiger partial charge in [0.05, 0.1) is 6.61 Å². The fourth-order valence-corrected chi connectivity index (χ4v) is 2.67. The number of hydrogen-bond acceptors (Lipinski definition) is 4. The Morgan fingerprint density at radius 1 is 1.22 bits per heavy atom. The summed E-state index contributed by atoms with van der Waals surface area (Å²) < 4.78 is 10.5. The number of rotatable bonds is 2. The Bertz CT molecular complexity index is 468. The number of amides is 1. The summed E-state index contributed by atoms with van der Waals surface area (Å²) in [7, 11) is 0. The third kappa shape index (κ3) is 6.24. The van der Waals surface area contributed by atoms with Crippen molar-refractivity contribution < 1.29 is 19.1 Å². The molecule has 1 aliphatic heterocycles. The van der Waals surface area contributed by atoms with Gasteiger partial charge >= 0.3 is 12.1 Å². The number of carbonyl (C=O) groups is 2. The second-order valence-electron chi connectivity index (χ2n) is 8.06. The molecule has 0 bridgehead atoms. The van der Waals surface area contributed by atoms with Crippen LogP contribution in [0.25, 0.3) is 0 Å². The second kappa shape index (κ2) is 7.37. The van der Waals surface area contributed by atoms with Crippen LogP contribution in [-0.4, -0.2) is 41.8 Å². The lowest BCUT2D eigenvalue weighted by molar-refractivity contribution is -0.137. The van der Waals surface area contributed by atoms with E-state index in [0.29, 0.717) is 26.0 Å². The minimum atomic E-state index is -0.513. The van der Waals surface area contributed by atoms with Crippen LogP contribution >= 0.6 is 0 Å². The Morgan fingerprint density at radius 3 is 2.30 bits per heavy atom. The van der Waals surface area contributed by atoms with E-state index in [1.807, 2.05) is 20.8 Å². The number of nitrogens with zero attached hydrogens (tertiary/aromatic N) is 1. The van der Waals surface area contributed by atoms with Crippen molar-refractivity contribution in [2.24, 2.45) is 5.41 Å². The van der Waals surface area contributed by atoms with Crippen LogP contribution < -0.4 is 0 Å². The molecule has 1 aliphatic rings. The molecule has 0 radical (unpaired) electrons. The van der Waals surface area contributed by atoms with Gasteiger partial charge in [0.25, 0.3) is 0 Å². The zero-order chi connectivity index (χ0) is 17.8. The third-order valence-corrected chi connectivity index (χ3v) is 3.74. The Balaban J connectivity index is 2.92. The van der Waals surface area contributed by atoms with E-state index in [1.54, 1.807) is 17.9 Å². The van der Waals surface area contributed by atoms with Gasteiger partial charge in [0, 0.05) is 18.7 Å². The largest absolute Gasteiger partial charge is 0.463 e. The number of hydrogen-bond donors (Lipinski definition) is 0. The maximum atomic E-state index is 12.5. The van der Waals surface area contributed by atoms with Gasteiger partial charge < -0.3 is 14.4 Å². The van der Waals surface area contributed by atoms with Crippen LogP contribution in [0.15, 0.2) is 11.6 Å². The molecule has 5 nitrogen and oxygen atoms in total. The topological polar surface area (TPSA) is 55.8 Å². The van der Waals surface area contributed by atoms with Gasteiger partial charge in [-0.15, -0.1) is 0 Å². The Hall–Kier alpha value is -1.52. The summed E-state index contributed by atoms with van der Waals surface area (Å²) in [5.74, 6) is -0.305. The first kappa shape index (κ1) is 19.5. The number of carbonyl (C=O) groups excluding carboxylic acids is 2. The van der Waals surface area contributed by atoms with E-state index in [-0.39, 0.29) is 23.5 Å². The molecule has 1 fully saturated rings. The molecule has 1 heterocycles. The molecule has 23 heavy (non-hydrogen) atoms. The first-order chi connectivity index (χ1) is 10.4. The van der Waals surface area contributed by atoms with Crippen LogP contribution in [0, 0.1) is 5.41 Å². The second-order valence-corrected chi connectivity index (χ2v) is 8.06. The molecule has 5 heteroatoms. The monoisotopic (exact) mass is 325 g/mol. The minimum Gasteiger partial charge on any atom is -0.463 e. The molecule has 1 rings (SSSR count). The van der Waals surface area contributed by atoms with Crippen LogP contribution in [0.2, 0.25) is 0 Å². The Labute approximate surface area is 140 Å². The first-order valence-corrected chi connectivity index (χ1v) is 8.30. The summed E-state index contributed by atoms with van der Waals surface area (Å²) in [6.07, 6.45) is 2.63. The predicted molar refractivity (Wildman–Crippen MR) is 90.1 cm³/mol. The average molecular weight is 325 g/mol. The highest BCUT2D eigenvalue weighted by Crippen LogP contribution is 2.35. The van der Waals surface area contributed by atoms with E-state index in [4.69, 9.17) is 9.47 Å². The number of likely N-dealkylation sites (tertiary alicyclic amines) is 1. The van der Waals surface area contributed by atoms with Crippen molar-refractivity contribution in [2.75, 3.05) is 13.2 Å². The quantitative estimate of drug-likeness (QED) is 0.570. The Morgan fingerprint density at radius 2 is 1.83 bits per heavy atom. The van der Waals surface area contributed by atoms with E-state index >= 15 is 0 Å². The zero-order valence-corrected chi connectivity index (χ0v) is 15.6. The van der Waals surface area contributed by atoms with E-state index < -0.39 is 5.60 Å². The molecule has 0 aromatic carbocycles. The van der Waals surface area contributed by atoms with Crippen molar-refractivity contribution in [2.45, 2.75) is 73.0 Å². The van der Waals surface area contributed by atoms with Crippen molar-refractivity contribution in [1.82, 2.24) is 4.90 Å². The van der Waals surface area contributed by atoms with E-state index in [9.17, 15) is 9.59 Å². The smallest absolute Gasteiger partial charge is 0.410 e. The van der Waals surface area contributed by atoms with Crippen molar-refractivity contribution >= 4 is 12.1 Å². The van der Waals surface area contributed by atoms with Crippen molar-refractivity contribution in [1.29, 1.82) is 0 Å². The van der Waals surface area contributed by atoms with Gasteiger partial charge in [-0.1, -0.05) is 26.3 Å². The molecule has 0 spiro atoms. The predicted octanol–water partition coefficient (Wildman–Crippen LogP) is 3.92. The van der Waals surface area contributed by atoms with Crippen LogP contribution in [0.1, 0.15) is 61.3 Å². The van der Waals surface area contributed by atoms with Crippen molar-refractivity contribution in [3.8, 4) is 0 Å². The summed E-state index contributed by atoms with van der Waals surface area (Å²) in [4.78, 5) is 26.0. The van der Waals surface area contributed by atoms with Crippen molar-refractivity contribution in [3.63, 3.8) is 0 Å². The number of ether oxygens (including phenoxy) is 2. The van der Waals surface area contributed by atoms with E-state index in [2.05, 4.69) is 20.8 Å². The summed E-state index contributed by atoms with van der Waals surface area (Å²) >= 11 is 0. The van der Waals surface area contributed by atoms with Crippen LogP contribution in [-0.2, 0) is 14.3 Å². The van der Waals surface area contributed by atoms with Crippen molar-refractivity contribution in [3.05, 3.63) is 11.6 Å². The molecule has 0 N–H and O–H groups in total. The maximum absolute atomic E-state index is 12.5. The lowest BCUT2D eigenvalue weighted by Crippen LogP contribution is -2.52. The Kier molecular flexibility index (Phi) is 6.25. The van der Waals surface area contributed by atoms with Gasteiger partial charge in [-0.2, -0.15) is 0 Å². The molecule has 1 unspecified atom stereocenters. The fraction of sp³-hybridized carbons (Fsp3) is 0.778. The van der Waals surface area contributed by atoms with Gasteiger partial charge in [-0.05, 0) is 46.0 Å². The van der Waals surface area contributed by atoms with Crippen LogP contribution in [0.3, 0.4) is 0 Å². The average Bonchev–Trinajstić information content (AvgIpc) is 2.35. The highest BCUT2D eigenvalue weighted by Gasteiger charge is 2.38. The molecule has 0 aromatic rings. The minimum absolute atomic E-state index is 0.00761.